The van der Waals surface area contributed by atoms with Crippen LogP contribution in [0.15, 0.2) is 12.3 Å². The Bertz CT molecular complexity index is 307. The Balaban J connectivity index is 2.96. The summed E-state index contributed by atoms with van der Waals surface area (Å²) in [5, 5.41) is 0.565. The number of nitrogen functional groups attached to an aromatic ring is 1. The zero-order valence-corrected chi connectivity index (χ0v) is 9.40. The van der Waals surface area contributed by atoms with E-state index in [1.165, 1.54) is 6.20 Å². The molecule has 1 aromatic rings. The predicted octanol–water partition coefficient (Wildman–Crippen LogP) is 1.18. The van der Waals surface area contributed by atoms with Gasteiger partial charge in [0.2, 0.25) is 0 Å². The van der Waals surface area contributed by atoms with Crippen molar-refractivity contribution in [2.45, 2.75) is 6.04 Å². The van der Waals surface area contributed by atoms with Crippen molar-refractivity contribution in [3.05, 3.63) is 22.8 Å². The number of hydrogen-bond acceptors (Lipinski definition) is 5. The molecule has 1 heterocycles. The third kappa shape index (κ3) is 2.75. The number of halogens is 1. The van der Waals surface area contributed by atoms with Crippen LogP contribution < -0.4 is 17.0 Å². The highest BCUT2D eigenvalue weighted by Gasteiger charge is 2.13. The average Bonchev–Trinajstić information content (AvgIpc) is 2.18. The van der Waals surface area contributed by atoms with Crippen molar-refractivity contribution in [2.24, 2.45) is 5.84 Å². The van der Waals surface area contributed by atoms with Crippen LogP contribution in [0.1, 0.15) is 11.6 Å². The van der Waals surface area contributed by atoms with Crippen molar-refractivity contribution in [1.82, 2.24) is 10.4 Å². The fourth-order valence-electron chi connectivity index (χ4n) is 1.14. The molecule has 1 rings (SSSR count). The van der Waals surface area contributed by atoms with Gasteiger partial charge in [0.25, 0.3) is 0 Å². The highest BCUT2D eigenvalue weighted by Crippen LogP contribution is 2.23. The lowest BCUT2D eigenvalue weighted by Gasteiger charge is -2.16. The zero-order valence-electron chi connectivity index (χ0n) is 7.83. The zero-order chi connectivity index (χ0) is 10.6. The first-order valence-electron chi connectivity index (χ1n) is 4.05. The first kappa shape index (κ1) is 11.6. The fraction of sp³-hybridized carbons (Fsp3) is 0.375. The molecule has 0 radical (unpaired) electrons. The lowest BCUT2D eigenvalue weighted by molar-refractivity contribution is 0.611. The molecule has 6 heteroatoms. The molecular weight excluding hydrogens is 220 g/mol. The van der Waals surface area contributed by atoms with E-state index in [9.17, 15) is 0 Å². The Hall–Kier alpha value is -0.490. The number of nitrogens with one attached hydrogen (secondary N) is 1. The van der Waals surface area contributed by atoms with E-state index in [4.69, 9.17) is 23.2 Å². The molecule has 0 aliphatic heterocycles. The highest BCUT2D eigenvalue weighted by atomic mass is 35.5. The number of hydrazine groups is 1. The molecule has 5 N–H and O–H groups in total. The molecule has 0 aliphatic carbocycles. The van der Waals surface area contributed by atoms with Crippen molar-refractivity contribution in [3.8, 4) is 0 Å². The van der Waals surface area contributed by atoms with Gasteiger partial charge in [0.15, 0.2) is 0 Å². The largest absolute Gasteiger partial charge is 0.383 e. The van der Waals surface area contributed by atoms with E-state index in [1.807, 2.05) is 6.26 Å². The minimum Gasteiger partial charge on any atom is -0.383 e. The Labute approximate surface area is 92.4 Å². The second kappa shape index (κ2) is 5.41. The minimum absolute atomic E-state index is 0.0174. The van der Waals surface area contributed by atoms with Crippen LogP contribution >= 0.6 is 23.4 Å². The van der Waals surface area contributed by atoms with Crippen molar-refractivity contribution in [2.75, 3.05) is 17.7 Å². The SMILES string of the molecule is CSCC(NN)c1cc(Cl)cnc1N. The number of pyridine rings is 1. The van der Waals surface area contributed by atoms with Gasteiger partial charge in [-0.15, -0.1) is 0 Å². The van der Waals surface area contributed by atoms with Crippen LogP contribution in [-0.2, 0) is 0 Å². The van der Waals surface area contributed by atoms with Gasteiger partial charge in [-0.2, -0.15) is 11.8 Å². The Morgan fingerprint density at radius 2 is 2.43 bits per heavy atom. The van der Waals surface area contributed by atoms with Crippen LogP contribution in [0, 0.1) is 0 Å². The van der Waals surface area contributed by atoms with Crippen molar-refractivity contribution in [1.29, 1.82) is 0 Å². The fourth-order valence-corrected chi connectivity index (χ4v) is 1.91. The summed E-state index contributed by atoms with van der Waals surface area (Å²) in [7, 11) is 0. The van der Waals surface area contributed by atoms with Gasteiger partial charge >= 0.3 is 0 Å². The lowest BCUT2D eigenvalue weighted by Crippen LogP contribution is -2.30. The summed E-state index contributed by atoms with van der Waals surface area (Å²) in [6.07, 6.45) is 3.52. The Morgan fingerprint density at radius 1 is 1.71 bits per heavy atom. The summed E-state index contributed by atoms with van der Waals surface area (Å²) in [5.74, 6) is 6.71. The van der Waals surface area contributed by atoms with Crippen LogP contribution in [0.3, 0.4) is 0 Å². The molecule has 0 saturated carbocycles. The molecule has 0 amide bonds. The van der Waals surface area contributed by atoms with Gasteiger partial charge in [0, 0.05) is 17.5 Å². The van der Waals surface area contributed by atoms with Gasteiger partial charge in [-0.25, -0.2) is 4.98 Å². The monoisotopic (exact) mass is 232 g/mol. The molecule has 4 nitrogen and oxygen atoms in total. The third-order valence-corrected chi connectivity index (χ3v) is 2.70. The van der Waals surface area contributed by atoms with Crippen LogP contribution in [0.2, 0.25) is 5.02 Å². The first-order valence-corrected chi connectivity index (χ1v) is 5.82. The van der Waals surface area contributed by atoms with Gasteiger partial charge in [-0.3, -0.25) is 11.3 Å². The molecule has 0 bridgehead atoms. The van der Waals surface area contributed by atoms with Gasteiger partial charge < -0.3 is 5.73 Å². The molecule has 0 aromatic carbocycles. The average molecular weight is 233 g/mol. The molecule has 0 saturated heterocycles. The number of nitrogens with zero attached hydrogens (tertiary/aromatic N) is 1. The van der Waals surface area contributed by atoms with E-state index in [0.29, 0.717) is 10.8 Å². The minimum atomic E-state index is -0.0174. The summed E-state index contributed by atoms with van der Waals surface area (Å²) < 4.78 is 0. The van der Waals surface area contributed by atoms with Crippen LogP contribution in [0.5, 0.6) is 0 Å². The molecule has 1 atom stereocenters. The van der Waals surface area contributed by atoms with Gasteiger partial charge in [-0.1, -0.05) is 11.6 Å². The van der Waals surface area contributed by atoms with E-state index in [-0.39, 0.29) is 6.04 Å². The maximum Gasteiger partial charge on any atom is 0.128 e. The van der Waals surface area contributed by atoms with E-state index in [1.54, 1.807) is 17.8 Å². The summed E-state index contributed by atoms with van der Waals surface area (Å²) in [6.45, 7) is 0. The highest BCUT2D eigenvalue weighted by molar-refractivity contribution is 7.98. The van der Waals surface area contributed by atoms with Crippen LogP contribution in [0.4, 0.5) is 5.82 Å². The van der Waals surface area contributed by atoms with E-state index < -0.39 is 0 Å². The maximum atomic E-state index is 5.82. The summed E-state index contributed by atoms with van der Waals surface area (Å²) in [5.41, 5.74) is 9.25. The molecule has 14 heavy (non-hydrogen) atoms. The van der Waals surface area contributed by atoms with E-state index in [2.05, 4.69) is 10.4 Å². The van der Waals surface area contributed by atoms with Crippen molar-refractivity contribution >= 4 is 29.2 Å². The summed E-state index contributed by atoms with van der Waals surface area (Å²) in [4.78, 5) is 3.97. The Morgan fingerprint density at radius 3 is 3.00 bits per heavy atom. The molecule has 1 aromatic heterocycles. The van der Waals surface area contributed by atoms with Gasteiger partial charge in [0.05, 0.1) is 11.1 Å². The number of thioether (sulfide) groups is 1. The topological polar surface area (TPSA) is 77.0 Å². The number of hydrogen-bond donors (Lipinski definition) is 3. The number of aromatic nitrogens is 1. The Kier molecular flexibility index (Phi) is 4.47. The van der Waals surface area contributed by atoms with Crippen LogP contribution in [-0.4, -0.2) is 17.0 Å². The van der Waals surface area contributed by atoms with E-state index >= 15 is 0 Å². The van der Waals surface area contributed by atoms with Crippen LogP contribution in [0.25, 0.3) is 0 Å². The summed E-state index contributed by atoms with van der Waals surface area (Å²) in [6, 6.07) is 1.76. The molecule has 0 fully saturated rings. The standard InChI is InChI=1S/C8H13ClN4S/c1-14-4-7(13-11)6-2-5(9)3-12-8(6)10/h2-3,7,13H,4,11H2,1H3,(H2,10,12). The number of rotatable bonds is 4. The molecular formula is C8H13ClN4S. The second-order valence-electron chi connectivity index (χ2n) is 2.80. The molecule has 78 valence electrons. The van der Waals surface area contributed by atoms with E-state index in [0.717, 1.165) is 11.3 Å². The predicted molar refractivity (Wildman–Crippen MR) is 62.1 cm³/mol. The second-order valence-corrected chi connectivity index (χ2v) is 4.15. The first-order chi connectivity index (χ1) is 6.69. The lowest BCUT2D eigenvalue weighted by atomic mass is 10.1. The number of anilines is 1. The molecule has 0 spiro atoms. The quantitative estimate of drug-likeness (QED) is 0.537. The van der Waals surface area contributed by atoms with Gasteiger partial charge in [-0.05, 0) is 12.3 Å². The molecule has 0 aliphatic rings. The smallest absolute Gasteiger partial charge is 0.128 e. The number of nitrogens with two attached hydrogens (primary N) is 2. The third-order valence-electron chi connectivity index (χ3n) is 1.83. The summed E-state index contributed by atoms with van der Waals surface area (Å²) >= 11 is 7.50. The van der Waals surface area contributed by atoms with Crippen molar-refractivity contribution < 1.29 is 0 Å². The van der Waals surface area contributed by atoms with Gasteiger partial charge in [0.1, 0.15) is 5.82 Å². The normalized spacial score (nSPS) is 12.8. The molecule has 1 unspecified atom stereocenters. The van der Waals surface area contributed by atoms with Crippen molar-refractivity contribution in [3.63, 3.8) is 0 Å². The maximum absolute atomic E-state index is 5.82.